The first-order valence-corrected chi connectivity index (χ1v) is 44.9. The summed E-state index contributed by atoms with van der Waals surface area (Å²) < 4.78 is 378. The van der Waals surface area contributed by atoms with Crippen molar-refractivity contribution in [2.45, 2.75) is 302 Å². The Kier molecular flexibility index (Phi) is 44.7. The Morgan fingerprint density at radius 2 is 0.631 bits per heavy atom. The molecule has 0 aliphatic rings. The van der Waals surface area contributed by atoms with Crippen LogP contribution in [-0.4, -0.2) is 29.9 Å². The monoisotopic (exact) mass is 2050 g/mol. The average Bonchev–Trinajstić information content (AvgIpc) is 1.04. The van der Waals surface area contributed by atoms with Gasteiger partial charge in [0.1, 0.15) is 17.5 Å². The van der Waals surface area contributed by atoms with E-state index in [2.05, 4.69) is 97.4 Å². The number of hydrogen-bond donors (Lipinski definition) is 0. The lowest BCUT2D eigenvalue weighted by atomic mass is 9.90. The molecule has 0 aliphatic heterocycles. The maximum atomic E-state index is 13.0. The Balaban J connectivity index is 0.000000413. The number of aryl methyl sites for hydroxylation is 9. The molecular weight excluding hydrogens is 1940 g/mol. The maximum absolute atomic E-state index is 13.0. The molecule has 0 saturated carbocycles. The van der Waals surface area contributed by atoms with Crippen molar-refractivity contribution in [1.29, 1.82) is 0 Å². The zero-order valence-corrected chi connectivity index (χ0v) is 83.5. The Hall–Kier alpha value is -10.6. The molecule has 0 radical (unpaired) electrons. The van der Waals surface area contributed by atoms with Gasteiger partial charge in [-0.3, -0.25) is 0 Å². The van der Waals surface area contributed by atoms with Gasteiger partial charge < -0.3 is 0 Å². The molecule has 141 heavy (non-hydrogen) atoms. The molecule has 0 bridgehead atoms. The lowest BCUT2D eigenvalue weighted by molar-refractivity contribution is -0.146. The minimum atomic E-state index is -4.85. The Labute approximate surface area is 807 Å². The van der Waals surface area contributed by atoms with E-state index in [4.69, 9.17) is 0 Å². The number of hydrogen-bond acceptors (Lipinski definition) is 7. The van der Waals surface area contributed by atoms with Gasteiger partial charge in [-0.2, -0.15) is 132 Å². The molecular formula is C104H116F30N6S. The zero-order chi connectivity index (χ0) is 109. The highest BCUT2D eigenvalue weighted by Crippen LogP contribution is 2.46. The zero-order valence-electron chi connectivity index (χ0n) is 82.6. The first kappa shape index (κ1) is 125. The van der Waals surface area contributed by atoms with E-state index in [0.29, 0.717) is 46.1 Å². The molecule has 0 fully saturated rings. The third kappa shape index (κ3) is 40.2. The van der Waals surface area contributed by atoms with Crippen LogP contribution in [0.25, 0.3) is 22.3 Å². The Morgan fingerprint density at radius 1 is 0.248 bits per heavy atom. The van der Waals surface area contributed by atoms with Crippen LogP contribution in [0.2, 0.25) is 0 Å². The lowest BCUT2D eigenvalue weighted by Crippen LogP contribution is -2.15. The summed E-state index contributed by atoms with van der Waals surface area (Å²) in [7, 11) is 0. The SMILES string of the molecule is CC(C)c1ccc(C(F)(F)F)cc1C(F)(F)F.CC(C)c1ncccn1.Cc1cc(-c2cc(C(F)(F)F)cc(C(F)(F)F)c2)cc(C(C)C)c1.Cc1cc(-c2ccc(C(F)(F)F)cc2C)cc(C(C)C)c1.Cc1cc(C(C)C)cc(C(F)(F)F)c1.Cc1cc(C(F)(F)F)cc(C(F)(F)F)c1C(C)C.Cc1ccc(C(F)(F)F)c(C(C)C)c1.Cc1nc(C(C)C)nc(C(F)(F)F)n1.Cc1nc(C)c(C(C)C)s1. The van der Waals surface area contributed by atoms with Crippen LogP contribution in [0, 0.1) is 62.3 Å². The summed E-state index contributed by atoms with van der Waals surface area (Å²) in [5.41, 5.74) is 1.04. The summed E-state index contributed by atoms with van der Waals surface area (Å²) >= 11 is 1.81. The molecule has 0 atom stereocenters. The van der Waals surface area contributed by atoms with Crippen molar-refractivity contribution in [2.24, 2.45) is 0 Å². The standard InChI is InChI=1S/C18H16F6.C18H19F3.C12H12F6.C11H10F6.2C11H13F3.C8H10F3N3.C8H13NS.C7H10N2/c1-10(2)12-4-11(3)5-13(6-12)14-7-15(17(19,20)21)9-16(8-14)18(22,23)24;1-11(2)14-7-12(3)8-15(10-14)17-6-5-16(9-13(17)4)18(19,20)21;1-6(2)10-7(3)4-8(11(13,14)15)5-9(10)12(16,17)18;1-6(2)8-4-3-7(10(12,13)14)5-9(8)11(15,16)17;1-7(2)9-4-8(3)5-10(6-9)11(12,13)14;1-7(2)9-6-8(3)4-5-10(9)11(12,13)14;1-4(2)6-12-5(3)13-7(14-6)8(9,10)11;1-5(2)8-6(3)9-7(4)10-8;1-6(2)7-8-4-3-5-9-7/h4-10H,1-3H3;5-11H,1-4H3;4-6H,1-3H3;3-6H,1-2H3;2*4-7H,1-3H3;4H,1-3H3;5H,1-4H3;3-6H,1-2H3. The molecule has 11 rings (SSSR count). The van der Waals surface area contributed by atoms with Gasteiger partial charge in [0.2, 0.25) is 5.82 Å². The molecule has 3 aromatic heterocycles. The lowest BCUT2D eigenvalue weighted by Gasteiger charge is -2.20. The number of rotatable bonds is 11. The third-order valence-electron chi connectivity index (χ3n) is 20.6. The van der Waals surface area contributed by atoms with Gasteiger partial charge in [0.05, 0.1) is 60.8 Å². The fourth-order valence-electron chi connectivity index (χ4n) is 13.7. The van der Waals surface area contributed by atoms with Gasteiger partial charge in [-0.05, 0) is 249 Å². The number of halogens is 30. The van der Waals surface area contributed by atoms with Gasteiger partial charge in [-0.1, -0.05) is 214 Å². The highest BCUT2D eigenvalue weighted by molar-refractivity contribution is 7.11. The molecule has 11 aromatic rings. The summed E-state index contributed by atoms with van der Waals surface area (Å²) in [5, 5.41) is 1.18. The predicted molar refractivity (Wildman–Crippen MR) is 493 cm³/mol. The average molecular weight is 2050 g/mol. The van der Waals surface area contributed by atoms with Crippen molar-refractivity contribution < 1.29 is 132 Å². The van der Waals surface area contributed by atoms with Gasteiger partial charge in [0.25, 0.3) is 0 Å². The Bertz CT molecular complexity index is 5710. The normalized spacial score (nSPS) is 12.3. The number of alkyl halides is 30. The molecule has 778 valence electrons. The van der Waals surface area contributed by atoms with Crippen LogP contribution in [0.1, 0.15) is 334 Å². The second-order valence-corrected chi connectivity index (χ2v) is 37.3. The van der Waals surface area contributed by atoms with E-state index in [1.165, 1.54) is 87.0 Å². The summed E-state index contributed by atoms with van der Waals surface area (Å²) in [6.45, 7) is 49.2. The molecule has 0 aliphatic carbocycles. The fraction of sp³-hybridized carbons (Fsp3) is 0.442. The van der Waals surface area contributed by atoms with E-state index >= 15 is 0 Å². The van der Waals surface area contributed by atoms with E-state index in [1.807, 2.05) is 64.2 Å². The highest BCUT2D eigenvalue weighted by atomic mass is 32.1. The summed E-state index contributed by atoms with van der Waals surface area (Å²) in [6, 6.07) is 29.8. The first-order valence-electron chi connectivity index (χ1n) is 44.0. The third-order valence-corrected chi connectivity index (χ3v) is 21.9. The minimum absolute atomic E-state index is 0.00662. The van der Waals surface area contributed by atoms with Crippen molar-refractivity contribution in [3.05, 3.63) is 314 Å². The number of aromatic nitrogens is 6. The van der Waals surface area contributed by atoms with Crippen LogP contribution >= 0.6 is 11.3 Å². The van der Waals surface area contributed by atoms with Gasteiger partial charge in [0.15, 0.2) is 0 Å². The quantitative estimate of drug-likeness (QED) is 0.120. The van der Waals surface area contributed by atoms with E-state index in [-0.39, 0.29) is 75.8 Å². The molecule has 6 nitrogen and oxygen atoms in total. The molecule has 0 saturated heterocycles. The van der Waals surface area contributed by atoms with Crippen LogP contribution in [-0.2, 0) is 61.8 Å². The van der Waals surface area contributed by atoms with E-state index < -0.39 is 129 Å². The van der Waals surface area contributed by atoms with Crippen molar-refractivity contribution in [2.75, 3.05) is 0 Å². The molecule has 37 heteroatoms. The summed E-state index contributed by atoms with van der Waals surface area (Å²) in [6.07, 6.45) is -42.5. The molecule has 0 spiro atoms. The molecule has 3 heterocycles. The summed E-state index contributed by atoms with van der Waals surface area (Å²) in [5.74, 6) is 0.512. The van der Waals surface area contributed by atoms with E-state index in [1.54, 1.807) is 98.1 Å². The molecule has 0 N–H and O–H groups in total. The van der Waals surface area contributed by atoms with Gasteiger partial charge in [-0.25, -0.2) is 29.9 Å². The van der Waals surface area contributed by atoms with Gasteiger partial charge in [-0.15, -0.1) is 11.3 Å². The van der Waals surface area contributed by atoms with Crippen LogP contribution < -0.4 is 0 Å². The number of nitrogens with zero attached hydrogens (tertiary/aromatic N) is 6. The van der Waals surface area contributed by atoms with Crippen molar-refractivity contribution in [3.63, 3.8) is 0 Å². The van der Waals surface area contributed by atoms with Gasteiger partial charge >= 0.3 is 61.8 Å². The van der Waals surface area contributed by atoms with E-state index in [9.17, 15) is 132 Å². The van der Waals surface area contributed by atoms with Crippen LogP contribution in [0.3, 0.4) is 0 Å². The number of thiazole rings is 1. The first-order chi connectivity index (χ1) is 63.9. The molecule has 0 unspecified atom stereocenters. The second-order valence-electron chi connectivity index (χ2n) is 36.1. The van der Waals surface area contributed by atoms with Crippen molar-refractivity contribution >= 4 is 11.3 Å². The van der Waals surface area contributed by atoms with Crippen molar-refractivity contribution in [3.8, 4) is 22.3 Å². The van der Waals surface area contributed by atoms with Crippen LogP contribution in [0.15, 0.2) is 158 Å². The number of benzene rings is 8. The highest BCUT2D eigenvalue weighted by Gasteiger charge is 2.43. The minimum Gasteiger partial charge on any atom is -0.247 e. The van der Waals surface area contributed by atoms with Gasteiger partial charge in [0, 0.05) is 29.1 Å². The maximum Gasteiger partial charge on any atom is 0.451 e. The smallest absolute Gasteiger partial charge is 0.247 e. The Morgan fingerprint density at radius 3 is 1.00 bits per heavy atom. The van der Waals surface area contributed by atoms with Crippen LogP contribution in [0.4, 0.5) is 132 Å². The predicted octanol–water partition coefficient (Wildman–Crippen LogP) is 38.0. The molecule has 0 amide bonds. The second kappa shape index (κ2) is 50.6. The van der Waals surface area contributed by atoms with E-state index in [0.717, 1.165) is 81.2 Å². The molecule has 8 aromatic carbocycles. The van der Waals surface area contributed by atoms with Crippen LogP contribution in [0.5, 0.6) is 0 Å². The van der Waals surface area contributed by atoms with Crippen molar-refractivity contribution in [1.82, 2.24) is 29.9 Å². The fourth-order valence-corrected chi connectivity index (χ4v) is 14.6. The largest absolute Gasteiger partial charge is 0.451 e. The topological polar surface area (TPSA) is 77.3 Å². The summed E-state index contributed by atoms with van der Waals surface area (Å²) in [4.78, 5) is 24.3.